The highest BCUT2D eigenvalue weighted by Gasteiger charge is 2.41. The molecule has 4 heteroatoms. The maximum absolute atomic E-state index is 11.7. The summed E-state index contributed by atoms with van der Waals surface area (Å²) in [4.78, 5) is 22.7. The van der Waals surface area contributed by atoms with Crippen molar-refractivity contribution in [2.75, 3.05) is 6.61 Å². The molecule has 0 heterocycles. The van der Waals surface area contributed by atoms with Gasteiger partial charge in [-0.2, -0.15) is 0 Å². The molecule has 1 rings (SSSR count). The van der Waals surface area contributed by atoms with E-state index in [1.807, 2.05) is 6.92 Å². The van der Waals surface area contributed by atoms with Crippen LogP contribution in [0.25, 0.3) is 0 Å². The van der Waals surface area contributed by atoms with Crippen LogP contribution in [0, 0.1) is 10.8 Å². The lowest BCUT2D eigenvalue weighted by atomic mass is 9.62. The fraction of sp³-hybridized carbons (Fsp3) is 0.875. The smallest absolute Gasteiger partial charge is 0.344 e. The van der Waals surface area contributed by atoms with Gasteiger partial charge in [0, 0.05) is 11.8 Å². The second-order valence-corrected chi connectivity index (χ2v) is 6.99. The van der Waals surface area contributed by atoms with Gasteiger partial charge in [0.25, 0.3) is 0 Å². The molecule has 2 atom stereocenters. The van der Waals surface area contributed by atoms with Gasteiger partial charge in [0.2, 0.25) is 0 Å². The largest absolute Gasteiger partial charge is 0.460 e. The number of esters is 2. The van der Waals surface area contributed by atoms with E-state index in [0.717, 1.165) is 19.3 Å². The summed E-state index contributed by atoms with van der Waals surface area (Å²) in [6, 6.07) is 0. The SMILES string of the molecule is CCC(=O)OCC(=O)O[C@@H](C)[C@]1(C)CCCC(C)(C)C1. The van der Waals surface area contributed by atoms with Crippen LogP contribution >= 0.6 is 0 Å². The molecule has 20 heavy (non-hydrogen) atoms. The highest BCUT2D eigenvalue weighted by molar-refractivity contribution is 5.76. The van der Waals surface area contributed by atoms with Gasteiger partial charge in [0.05, 0.1) is 0 Å². The zero-order valence-electron chi connectivity index (χ0n) is 13.5. The summed E-state index contributed by atoms with van der Waals surface area (Å²) in [6.45, 7) is 10.1. The molecule has 1 aliphatic rings. The van der Waals surface area contributed by atoms with E-state index in [1.54, 1.807) is 6.92 Å². The first-order valence-electron chi connectivity index (χ1n) is 7.54. The maximum Gasteiger partial charge on any atom is 0.344 e. The van der Waals surface area contributed by atoms with E-state index in [1.165, 1.54) is 6.42 Å². The van der Waals surface area contributed by atoms with Crippen LogP contribution in [0.2, 0.25) is 0 Å². The van der Waals surface area contributed by atoms with Gasteiger partial charge < -0.3 is 9.47 Å². The molecule has 1 aliphatic carbocycles. The summed E-state index contributed by atoms with van der Waals surface area (Å²) in [5.74, 6) is -0.830. The number of ether oxygens (including phenoxy) is 2. The first-order valence-corrected chi connectivity index (χ1v) is 7.54. The lowest BCUT2D eigenvalue weighted by molar-refractivity contribution is -0.168. The van der Waals surface area contributed by atoms with Crippen molar-refractivity contribution in [1.29, 1.82) is 0 Å². The summed E-state index contributed by atoms with van der Waals surface area (Å²) < 4.78 is 10.3. The molecule has 0 bridgehead atoms. The molecule has 0 spiro atoms. The molecule has 0 saturated heterocycles. The van der Waals surface area contributed by atoms with Crippen LogP contribution in [0.3, 0.4) is 0 Å². The van der Waals surface area contributed by atoms with Gasteiger partial charge in [-0.3, -0.25) is 4.79 Å². The standard InChI is InChI=1S/C16H28O4/c1-6-13(17)19-10-14(18)20-12(2)16(5)9-7-8-15(3,4)11-16/h12H,6-11H2,1-5H3/t12-,16+/m0/s1. The van der Waals surface area contributed by atoms with Gasteiger partial charge in [0.15, 0.2) is 6.61 Å². The summed E-state index contributed by atoms with van der Waals surface area (Å²) in [5, 5.41) is 0. The van der Waals surface area contributed by atoms with Gasteiger partial charge in [0.1, 0.15) is 6.10 Å². The number of hydrogen-bond acceptors (Lipinski definition) is 4. The molecule has 1 saturated carbocycles. The van der Waals surface area contributed by atoms with Gasteiger partial charge in [-0.1, -0.05) is 34.1 Å². The van der Waals surface area contributed by atoms with Crippen LogP contribution in [-0.2, 0) is 19.1 Å². The second-order valence-electron chi connectivity index (χ2n) is 6.99. The molecular weight excluding hydrogens is 256 g/mol. The monoisotopic (exact) mass is 284 g/mol. The molecule has 0 aromatic carbocycles. The van der Waals surface area contributed by atoms with Crippen LogP contribution in [0.1, 0.15) is 66.7 Å². The topological polar surface area (TPSA) is 52.6 Å². The summed E-state index contributed by atoms with van der Waals surface area (Å²) in [5.41, 5.74) is 0.300. The Hall–Kier alpha value is -1.06. The third kappa shape index (κ3) is 4.80. The second kappa shape index (κ2) is 6.59. The van der Waals surface area contributed by atoms with Gasteiger partial charge in [-0.25, -0.2) is 4.79 Å². The number of hydrogen-bond donors (Lipinski definition) is 0. The first kappa shape index (κ1) is 17.0. The Morgan fingerprint density at radius 2 is 1.80 bits per heavy atom. The zero-order valence-corrected chi connectivity index (χ0v) is 13.5. The average Bonchev–Trinajstić information content (AvgIpc) is 2.34. The Bertz CT molecular complexity index is 361. The first-order chi connectivity index (χ1) is 9.18. The predicted octanol–water partition coefficient (Wildman–Crippen LogP) is 3.48. The fourth-order valence-electron chi connectivity index (χ4n) is 3.20. The fourth-order valence-corrected chi connectivity index (χ4v) is 3.20. The van der Waals surface area contributed by atoms with Crippen molar-refractivity contribution in [3.63, 3.8) is 0 Å². The normalized spacial score (nSPS) is 26.6. The zero-order chi connectivity index (χ0) is 15.4. The molecule has 116 valence electrons. The minimum atomic E-state index is -0.455. The van der Waals surface area contributed by atoms with E-state index >= 15 is 0 Å². The highest BCUT2D eigenvalue weighted by atomic mass is 16.6. The number of carbonyl (C=O) groups is 2. The minimum absolute atomic E-state index is 0.00613. The van der Waals surface area contributed by atoms with Crippen LogP contribution in [0.5, 0.6) is 0 Å². The van der Waals surface area contributed by atoms with Gasteiger partial charge in [-0.15, -0.1) is 0 Å². The predicted molar refractivity (Wildman–Crippen MR) is 77.2 cm³/mol. The lowest BCUT2D eigenvalue weighted by Gasteiger charge is -2.45. The van der Waals surface area contributed by atoms with E-state index in [0.29, 0.717) is 5.41 Å². The van der Waals surface area contributed by atoms with E-state index in [2.05, 4.69) is 20.8 Å². The molecular formula is C16H28O4. The van der Waals surface area contributed by atoms with Gasteiger partial charge >= 0.3 is 11.9 Å². The van der Waals surface area contributed by atoms with Crippen molar-refractivity contribution in [1.82, 2.24) is 0 Å². The Morgan fingerprint density at radius 1 is 1.15 bits per heavy atom. The van der Waals surface area contributed by atoms with Crippen LogP contribution in [0.4, 0.5) is 0 Å². The average molecular weight is 284 g/mol. The molecule has 1 fully saturated rings. The Kier molecular flexibility index (Phi) is 5.60. The van der Waals surface area contributed by atoms with E-state index < -0.39 is 5.97 Å². The molecule has 0 unspecified atom stereocenters. The molecule has 4 nitrogen and oxygen atoms in total. The molecule has 0 aromatic heterocycles. The van der Waals surface area contributed by atoms with Crippen LogP contribution in [-0.4, -0.2) is 24.6 Å². The Morgan fingerprint density at radius 3 is 2.35 bits per heavy atom. The number of carbonyl (C=O) groups excluding carboxylic acids is 2. The minimum Gasteiger partial charge on any atom is -0.460 e. The quantitative estimate of drug-likeness (QED) is 0.725. The maximum atomic E-state index is 11.7. The van der Waals surface area contributed by atoms with Crippen LogP contribution in [0.15, 0.2) is 0 Å². The molecule has 0 aliphatic heterocycles. The van der Waals surface area contributed by atoms with E-state index in [-0.39, 0.29) is 30.5 Å². The van der Waals surface area contributed by atoms with Gasteiger partial charge in [-0.05, 0) is 31.6 Å². The van der Waals surface area contributed by atoms with Crippen molar-refractivity contribution in [2.45, 2.75) is 72.8 Å². The van der Waals surface area contributed by atoms with Crippen molar-refractivity contribution < 1.29 is 19.1 Å². The summed E-state index contributed by atoms with van der Waals surface area (Å²) in [7, 11) is 0. The molecule has 0 amide bonds. The van der Waals surface area contributed by atoms with Crippen molar-refractivity contribution >= 4 is 11.9 Å². The number of rotatable bonds is 5. The van der Waals surface area contributed by atoms with Crippen molar-refractivity contribution in [3.05, 3.63) is 0 Å². The molecule has 0 radical (unpaired) electrons. The van der Waals surface area contributed by atoms with E-state index in [4.69, 9.17) is 9.47 Å². The van der Waals surface area contributed by atoms with Crippen molar-refractivity contribution in [2.24, 2.45) is 10.8 Å². The van der Waals surface area contributed by atoms with Crippen LogP contribution < -0.4 is 0 Å². The third-order valence-electron chi connectivity index (χ3n) is 4.41. The molecule has 0 N–H and O–H groups in total. The Balaban J connectivity index is 2.50. The summed E-state index contributed by atoms with van der Waals surface area (Å²) >= 11 is 0. The molecule has 0 aromatic rings. The summed E-state index contributed by atoms with van der Waals surface area (Å²) in [6.07, 6.45) is 4.61. The lowest BCUT2D eigenvalue weighted by Crippen LogP contribution is -2.41. The Labute approximate surface area is 122 Å². The van der Waals surface area contributed by atoms with Crippen molar-refractivity contribution in [3.8, 4) is 0 Å². The highest BCUT2D eigenvalue weighted by Crippen LogP contribution is 2.48. The third-order valence-corrected chi connectivity index (χ3v) is 4.41. The van der Waals surface area contributed by atoms with E-state index in [9.17, 15) is 9.59 Å².